The van der Waals surface area contributed by atoms with Crippen molar-refractivity contribution in [3.05, 3.63) is 95.6 Å². The van der Waals surface area contributed by atoms with E-state index in [-0.39, 0.29) is 11.8 Å². The van der Waals surface area contributed by atoms with E-state index in [1.807, 2.05) is 78.9 Å². The molecule has 1 atom stereocenters. The number of benzene rings is 3. The lowest BCUT2D eigenvalue weighted by atomic mass is 10.0. The number of nitrogens with zero attached hydrogens (tertiary/aromatic N) is 1. The number of rotatable bonds is 10. The van der Waals surface area contributed by atoms with E-state index in [1.54, 1.807) is 19.1 Å². The van der Waals surface area contributed by atoms with Crippen LogP contribution in [-0.2, 0) is 22.6 Å². The summed E-state index contributed by atoms with van der Waals surface area (Å²) < 4.78 is 10.4. The molecular formula is C27H30N2O4. The summed E-state index contributed by atoms with van der Waals surface area (Å²) in [5.41, 5.74) is 2.77. The van der Waals surface area contributed by atoms with Crippen LogP contribution in [0.3, 0.4) is 0 Å². The highest BCUT2D eigenvalue weighted by Crippen LogP contribution is 2.24. The largest absolute Gasteiger partial charge is 0.497 e. The minimum Gasteiger partial charge on any atom is -0.497 e. The summed E-state index contributed by atoms with van der Waals surface area (Å²) in [6.07, 6.45) is 0.676. The Morgan fingerprint density at radius 2 is 1.36 bits per heavy atom. The van der Waals surface area contributed by atoms with E-state index < -0.39 is 6.04 Å². The summed E-state index contributed by atoms with van der Waals surface area (Å²) in [6, 6.07) is 23.9. The molecule has 3 aromatic rings. The molecule has 0 fully saturated rings. The molecule has 0 aromatic heterocycles. The fourth-order valence-corrected chi connectivity index (χ4v) is 3.64. The third kappa shape index (κ3) is 6.59. The number of ether oxygens (including phenoxy) is 2. The average molecular weight is 447 g/mol. The highest BCUT2D eigenvalue weighted by atomic mass is 16.5. The number of methoxy groups -OCH3 is 2. The molecule has 3 rings (SSSR count). The molecule has 1 N–H and O–H groups in total. The normalized spacial score (nSPS) is 11.4. The van der Waals surface area contributed by atoms with Gasteiger partial charge in [0, 0.05) is 20.0 Å². The lowest BCUT2D eigenvalue weighted by Crippen LogP contribution is -2.43. The third-order valence-electron chi connectivity index (χ3n) is 5.46. The molecule has 0 aliphatic heterocycles. The first-order valence-electron chi connectivity index (χ1n) is 10.9. The van der Waals surface area contributed by atoms with Crippen molar-refractivity contribution in [2.75, 3.05) is 20.8 Å². The summed E-state index contributed by atoms with van der Waals surface area (Å²) in [5, 5.41) is 3.01. The number of carbonyl (C=O) groups excluding carboxylic acids is 2. The molecule has 0 unspecified atom stereocenters. The second-order valence-electron chi connectivity index (χ2n) is 7.70. The SMILES string of the molecule is COc1ccc(CCNC(=O)[C@@H](c2ccccc2)N(Cc2ccc(OC)cc2)C(C)=O)cc1. The Hall–Kier alpha value is -3.80. The van der Waals surface area contributed by atoms with Gasteiger partial charge in [0.1, 0.15) is 17.5 Å². The number of hydrogen-bond acceptors (Lipinski definition) is 4. The first-order valence-corrected chi connectivity index (χ1v) is 10.9. The maximum Gasteiger partial charge on any atom is 0.247 e. The van der Waals surface area contributed by atoms with Crippen LogP contribution < -0.4 is 14.8 Å². The van der Waals surface area contributed by atoms with Gasteiger partial charge in [-0.1, -0.05) is 54.6 Å². The van der Waals surface area contributed by atoms with Gasteiger partial charge in [-0.3, -0.25) is 9.59 Å². The van der Waals surface area contributed by atoms with E-state index in [0.717, 1.165) is 28.2 Å². The summed E-state index contributed by atoms with van der Waals surface area (Å²) in [4.78, 5) is 27.6. The maximum atomic E-state index is 13.3. The molecule has 0 spiro atoms. The smallest absolute Gasteiger partial charge is 0.247 e. The molecule has 2 amide bonds. The van der Waals surface area contributed by atoms with E-state index >= 15 is 0 Å². The Labute approximate surface area is 195 Å². The molecule has 0 saturated heterocycles. The number of nitrogens with one attached hydrogen (secondary N) is 1. The van der Waals surface area contributed by atoms with E-state index in [1.165, 1.54) is 6.92 Å². The van der Waals surface area contributed by atoms with Crippen LogP contribution >= 0.6 is 0 Å². The van der Waals surface area contributed by atoms with E-state index in [2.05, 4.69) is 5.32 Å². The lowest BCUT2D eigenvalue weighted by Gasteiger charge is -2.30. The van der Waals surface area contributed by atoms with Gasteiger partial charge in [-0.2, -0.15) is 0 Å². The minimum atomic E-state index is -0.735. The summed E-state index contributed by atoms with van der Waals surface area (Å²) in [6.45, 7) is 2.26. The Bertz CT molecular complexity index is 1030. The summed E-state index contributed by atoms with van der Waals surface area (Å²) in [7, 11) is 3.24. The summed E-state index contributed by atoms with van der Waals surface area (Å²) in [5.74, 6) is 1.15. The lowest BCUT2D eigenvalue weighted by molar-refractivity contribution is -0.140. The van der Waals surface area contributed by atoms with E-state index in [9.17, 15) is 9.59 Å². The van der Waals surface area contributed by atoms with Gasteiger partial charge in [0.25, 0.3) is 0 Å². The summed E-state index contributed by atoms with van der Waals surface area (Å²) >= 11 is 0. The van der Waals surface area contributed by atoms with Crippen molar-refractivity contribution in [3.8, 4) is 11.5 Å². The van der Waals surface area contributed by atoms with Gasteiger partial charge >= 0.3 is 0 Å². The fourth-order valence-electron chi connectivity index (χ4n) is 3.64. The second-order valence-corrected chi connectivity index (χ2v) is 7.70. The zero-order chi connectivity index (χ0) is 23.6. The van der Waals surface area contributed by atoms with Gasteiger partial charge in [0.15, 0.2) is 0 Å². The van der Waals surface area contributed by atoms with Gasteiger partial charge in [0.05, 0.1) is 14.2 Å². The predicted octanol–water partition coefficient (Wildman–Crippen LogP) is 4.15. The van der Waals surface area contributed by atoms with Gasteiger partial charge in [-0.15, -0.1) is 0 Å². The van der Waals surface area contributed by atoms with Crippen molar-refractivity contribution in [1.82, 2.24) is 10.2 Å². The molecule has 6 nitrogen and oxygen atoms in total. The molecule has 172 valence electrons. The van der Waals surface area contributed by atoms with Gasteiger partial charge in [-0.25, -0.2) is 0 Å². The highest BCUT2D eigenvalue weighted by molar-refractivity contribution is 5.88. The molecule has 0 radical (unpaired) electrons. The van der Waals surface area contributed by atoms with E-state index in [0.29, 0.717) is 19.5 Å². The molecule has 3 aromatic carbocycles. The maximum absolute atomic E-state index is 13.3. The Morgan fingerprint density at radius 1 is 0.818 bits per heavy atom. The number of carbonyl (C=O) groups is 2. The van der Waals surface area contributed by atoms with Gasteiger partial charge in [0.2, 0.25) is 11.8 Å². The predicted molar refractivity (Wildman–Crippen MR) is 128 cm³/mol. The first-order chi connectivity index (χ1) is 16.0. The molecule has 0 heterocycles. The second kappa shape index (κ2) is 11.7. The van der Waals surface area contributed by atoms with Crippen molar-refractivity contribution in [3.63, 3.8) is 0 Å². The van der Waals surface area contributed by atoms with Crippen LogP contribution in [0.4, 0.5) is 0 Å². The average Bonchev–Trinajstić information content (AvgIpc) is 2.85. The monoisotopic (exact) mass is 446 g/mol. The number of amides is 2. The van der Waals surface area contributed by atoms with E-state index in [4.69, 9.17) is 9.47 Å². The van der Waals surface area contributed by atoms with Crippen LogP contribution in [0.25, 0.3) is 0 Å². The molecule has 0 saturated carbocycles. The molecular weight excluding hydrogens is 416 g/mol. The van der Waals surface area contributed by atoms with Gasteiger partial charge in [-0.05, 0) is 47.4 Å². The number of hydrogen-bond donors (Lipinski definition) is 1. The zero-order valence-corrected chi connectivity index (χ0v) is 19.3. The van der Waals surface area contributed by atoms with Crippen LogP contribution in [0.15, 0.2) is 78.9 Å². The van der Waals surface area contributed by atoms with Crippen LogP contribution in [-0.4, -0.2) is 37.5 Å². The van der Waals surface area contributed by atoms with Crippen molar-refractivity contribution in [2.45, 2.75) is 25.9 Å². The Morgan fingerprint density at radius 3 is 1.88 bits per heavy atom. The quantitative estimate of drug-likeness (QED) is 0.508. The Balaban J connectivity index is 1.76. The topological polar surface area (TPSA) is 67.9 Å². The van der Waals surface area contributed by atoms with Crippen molar-refractivity contribution in [2.24, 2.45) is 0 Å². The van der Waals surface area contributed by atoms with Crippen LogP contribution in [0.2, 0.25) is 0 Å². The highest BCUT2D eigenvalue weighted by Gasteiger charge is 2.29. The molecule has 6 heteroatoms. The van der Waals surface area contributed by atoms with Crippen molar-refractivity contribution >= 4 is 11.8 Å². The molecule has 33 heavy (non-hydrogen) atoms. The minimum absolute atomic E-state index is 0.176. The van der Waals surface area contributed by atoms with Crippen LogP contribution in [0.5, 0.6) is 11.5 Å². The Kier molecular flexibility index (Phi) is 8.47. The van der Waals surface area contributed by atoms with Crippen molar-refractivity contribution < 1.29 is 19.1 Å². The molecule has 0 bridgehead atoms. The molecule has 0 aliphatic rings. The first kappa shape index (κ1) is 23.9. The fraction of sp³-hybridized carbons (Fsp3) is 0.259. The zero-order valence-electron chi connectivity index (χ0n) is 19.3. The van der Waals surface area contributed by atoms with Crippen LogP contribution in [0, 0.1) is 0 Å². The van der Waals surface area contributed by atoms with Crippen LogP contribution in [0.1, 0.15) is 29.7 Å². The molecule has 0 aliphatic carbocycles. The third-order valence-corrected chi connectivity index (χ3v) is 5.46. The van der Waals surface area contributed by atoms with Gasteiger partial charge < -0.3 is 19.7 Å². The van der Waals surface area contributed by atoms with Crippen molar-refractivity contribution in [1.29, 1.82) is 0 Å². The standard InChI is InChI=1S/C27H30N2O4/c1-20(30)29(19-22-11-15-25(33-3)16-12-22)26(23-7-5-4-6-8-23)27(31)28-18-17-21-9-13-24(32-2)14-10-21/h4-16,26H,17-19H2,1-3H3,(H,28,31)/t26-/m1/s1.